The third-order valence-electron chi connectivity index (χ3n) is 8.17. The molecular weight excluding hydrogens is 704 g/mol. The van der Waals surface area contributed by atoms with Crippen LogP contribution in [0, 0.1) is 5.92 Å². The Bertz CT molecular complexity index is 1500. The molecule has 0 bridgehead atoms. The van der Waals surface area contributed by atoms with E-state index in [0.717, 1.165) is 0 Å². The number of nitrogens with zero attached hydrogens (tertiary/aromatic N) is 1. The van der Waals surface area contributed by atoms with Crippen LogP contribution in [0.2, 0.25) is 0 Å². The topological polar surface area (TPSA) is 333 Å². The molecular formula is C35H56N10O9. The van der Waals surface area contributed by atoms with Crippen LogP contribution >= 0.6 is 0 Å². The molecule has 0 aromatic heterocycles. The molecule has 6 amide bonds. The fourth-order valence-corrected chi connectivity index (χ4v) is 5.25. The monoisotopic (exact) mass is 760 g/mol. The van der Waals surface area contributed by atoms with Gasteiger partial charge in [0.2, 0.25) is 35.4 Å². The molecule has 1 aromatic carbocycles. The number of aliphatic imine (C=N–C) groups is 1. The van der Waals surface area contributed by atoms with Gasteiger partial charge >= 0.3 is 5.97 Å². The van der Waals surface area contributed by atoms with Gasteiger partial charge in [0, 0.05) is 31.9 Å². The van der Waals surface area contributed by atoms with E-state index in [1.807, 2.05) is 0 Å². The van der Waals surface area contributed by atoms with E-state index in [-0.39, 0.29) is 44.1 Å². The quantitative estimate of drug-likeness (QED) is 0.0225. The van der Waals surface area contributed by atoms with Crippen LogP contribution in [0.4, 0.5) is 0 Å². The number of nitrogens with one attached hydrogen (secondary N) is 5. The van der Waals surface area contributed by atoms with Gasteiger partial charge < -0.3 is 54.6 Å². The zero-order chi connectivity index (χ0) is 41.0. The van der Waals surface area contributed by atoms with E-state index < -0.39 is 84.0 Å². The van der Waals surface area contributed by atoms with Crippen LogP contribution in [0.15, 0.2) is 29.3 Å². The molecule has 5 atom stereocenters. The van der Waals surface area contributed by atoms with Crippen molar-refractivity contribution in [3.63, 3.8) is 0 Å². The first-order chi connectivity index (χ1) is 25.4. The third kappa shape index (κ3) is 17.3. The molecule has 0 fully saturated rings. The van der Waals surface area contributed by atoms with E-state index in [1.54, 1.807) is 45.0 Å². The summed E-state index contributed by atoms with van der Waals surface area (Å²) in [5, 5.41) is 22.1. The summed E-state index contributed by atoms with van der Waals surface area (Å²) in [5.41, 5.74) is 23.0. The first-order valence-corrected chi connectivity index (χ1v) is 17.8. The molecule has 0 aliphatic carbocycles. The Hall–Kier alpha value is -5.59. The number of guanidine groups is 1. The minimum absolute atomic E-state index is 0.0194. The number of aliphatic carboxylic acids is 1. The van der Waals surface area contributed by atoms with Gasteiger partial charge in [-0.2, -0.15) is 0 Å². The second-order valence-electron chi connectivity index (χ2n) is 13.1. The third-order valence-corrected chi connectivity index (χ3v) is 8.17. The number of unbranched alkanes of at least 4 members (excludes halogenated alkanes) is 1. The molecule has 14 N–H and O–H groups in total. The van der Waals surface area contributed by atoms with Crippen LogP contribution in [0.25, 0.3) is 0 Å². The highest BCUT2D eigenvalue weighted by Gasteiger charge is 2.34. The normalized spacial score (nSPS) is 13.6. The Morgan fingerprint density at radius 1 is 0.722 bits per heavy atom. The lowest BCUT2D eigenvalue weighted by Gasteiger charge is -2.28. The predicted molar refractivity (Wildman–Crippen MR) is 199 cm³/mol. The maximum atomic E-state index is 13.6. The van der Waals surface area contributed by atoms with Gasteiger partial charge in [0.1, 0.15) is 30.2 Å². The minimum Gasteiger partial charge on any atom is -0.481 e. The van der Waals surface area contributed by atoms with E-state index >= 15 is 0 Å². The molecule has 0 unspecified atom stereocenters. The molecule has 0 radical (unpaired) electrons. The summed E-state index contributed by atoms with van der Waals surface area (Å²) in [6.45, 7) is 6.60. The number of carbonyl (C=O) groups excluding carboxylic acids is 7. The van der Waals surface area contributed by atoms with Crippen molar-refractivity contribution in [2.45, 2.75) is 109 Å². The highest BCUT2D eigenvalue weighted by Crippen LogP contribution is 2.11. The smallest absolute Gasteiger partial charge is 0.305 e. The van der Waals surface area contributed by atoms with E-state index in [2.05, 4.69) is 31.6 Å². The van der Waals surface area contributed by atoms with E-state index in [0.29, 0.717) is 36.8 Å². The number of amides is 6. The number of benzene rings is 1. The van der Waals surface area contributed by atoms with Crippen molar-refractivity contribution >= 4 is 53.2 Å². The van der Waals surface area contributed by atoms with Gasteiger partial charge in [0.15, 0.2) is 11.7 Å². The maximum absolute atomic E-state index is 13.6. The summed E-state index contributed by atoms with van der Waals surface area (Å²) in [6.07, 6.45) is 0.743. The van der Waals surface area contributed by atoms with Crippen LogP contribution in [-0.4, -0.2) is 102 Å². The molecule has 0 saturated carbocycles. The Kier molecular flexibility index (Phi) is 20.5. The van der Waals surface area contributed by atoms with Crippen molar-refractivity contribution in [1.82, 2.24) is 26.6 Å². The number of carbonyl (C=O) groups is 8. The van der Waals surface area contributed by atoms with Crippen LogP contribution in [0.5, 0.6) is 0 Å². The van der Waals surface area contributed by atoms with E-state index in [9.17, 15) is 43.5 Å². The molecule has 0 saturated heterocycles. The van der Waals surface area contributed by atoms with Crippen LogP contribution in [-0.2, 0) is 40.0 Å². The molecule has 300 valence electrons. The Balaban J connectivity index is 3.19. The second kappa shape index (κ2) is 23.9. The standard InChI is InChI=1S/C35H56N10O9/c1-5-27(47)22-13-11-21(12-14-22)17-25(30(37)50)43-34(54)29(19(2)3)45-33(53)26(18-28(48)49)44-32(52)24(9-6-7-15-36)42-31(51)23(41-20(4)46)10-8-16-40-35(38)39/h11-14,19,23-26,29H,5-10,15-18,36H2,1-4H3,(H2,37,50)(H,41,46)(H,42,51)(H,43,54)(H,44,52)(H,45,53)(H,48,49)(H4,38,39,40)/t23-,24-,25-,26-,29-/m0/s1. The van der Waals surface area contributed by atoms with Gasteiger partial charge in [-0.25, -0.2) is 0 Å². The molecule has 0 aliphatic rings. The van der Waals surface area contributed by atoms with Gasteiger partial charge in [-0.3, -0.25) is 43.3 Å². The molecule has 0 spiro atoms. The van der Waals surface area contributed by atoms with Gasteiger partial charge in [-0.1, -0.05) is 45.0 Å². The SMILES string of the molecule is CCC(=O)c1ccc(C[C@H](NC(=O)[C@@H](NC(=O)[C@H](CC(=O)O)NC(=O)[C@H](CCCCN)NC(=O)[C@H](CCCN=C(N)N)NC(C)=O)C(C)C)C(N)=O)cc1. The van der Waals surface area contributed by atoms with E-state index in [4.69, 9.17) is 22.9 Å². The molecule has 1 rings (SSSR count). The zero-order valence-electron chi connectivity index (χ0n) is 31.3. The number of Topliss-reactive ketones (excluding diaryl/α,β-unsaturated/α-hetero) is 1. The molecule has 54 heavy (non-hydrogen) atoms. The number of primary amides is 1. The number of carboxylic acid groups (broad SMARTS) is 1. The number of hydrogen-bond acceptors (Lipinski definition) is 10. The lowest BCUT2D eigenvalue weighted by molar-refractivity contribution is -0.141. The van der Waals surface area contributed by atoms with Gasteiger partial charge in [0.25, 0.3) is 0 Å². The molecule has 0 heterocycles. The van der Waals surface area contributed by atoms with Crippen molar-refractivity contribution in [1.29, 1.82) is 0 Å². The minimum atomic E-state index is -1.69. The lowest BCUT2D eigenvalue weighted by Crippen LogP contribution is -2.60. The van der Waals surface area contributed by atoms with Gasteiger partial charge in [-0.05, 0) is 50.1 Å². The summed E-state index contributed by atoms with van der Waals surface area (Å²) in [6, 6.07) is -0.0722. The summed E-state index contributed by atoms with van der Waals surface area (Å²) >= 11 is 0. The first kappa shape index (κ1) is 46.4. The largest absolute Gasteiger partial charge is 0.481 e. The highest BCUT2D eigenvalue weighted by molar-refractivity contribution is 5.98. The molecule has 0 aliphatic heterocycles. The van der Waals surface area contributed by atoms with Crippen molar-refractivity contribution < 1.29 is 43.5 Å². The lowest BCUT2D eigenvalue weighted by atomic mass is 9.99. The van der Waals surface area contributed by atoms with E-state index in [1.165, 1.54) is 6.92 Å². The second-order valence-corrected chi connectivity index (χ2v) is 13.1. The Labute approximate surface area is 314 Å². The first-order valence-electron chi connectivity index (χ1n) is 17.8. The van der Waals surface area contributed by atoms with Gasteiger partial charge in [0.05, 0.1) is 6.42 Å². The highest BCUT2D eigenvalue weighted by atomic mass is 16.4. The average molecular weight is 761 g/mol. The average Bonchev–Trinajstić information content (AvgIpc) is 3.09. The van der Waals surface area contributed by atoms with Crippen molar-refractivity contribution in [2.24, 2.45) is 33.8 Å². The summed E-state index contributed by atoms with van der Waals surface area (Å²) in [7, 11) is 0. The Morgan fingerprint density at radius 2 is 1.26 bits per heavy atom. The number of hydrogen-bond donors (Lipinski definition) is 10. The zero-order valence-corrected chi connectivity index (χ0v) is 31.3. The number of nitrogens with two attached hydrogens (primary N) is 4. The summed E-state index contributed by atoms with van der Waals surface area (Å²) in [5.74, 6) is -7.03. The summed E-state index contributed by atoms with van der Waals surface area (Å²) in [4.78, 5) is 106. The predicted octanol–water partition coefficient (Wildman–Crippen LogP) is -1.94. The van der Waals surface area contributed by atoms with Crippen LogP contribution in [0.3, 0.4) is 0 Å². The van der Waals surface area contributed by atoms with Crippen LogP contribution < -0.4 is 49.5 Å². The molecule has 1 aromatic rings. The Morgan fingerprint density at radius 3 is 1.76 bits per heavy atom. The van der Waals surface area contributed by atoms with Gasteiger partial charge in [-0.15, -0.1) is 0 Å². The molecule has 19 heteroatoms. The molecule has 19 nitrogen and oxygen atoms in total. The summed E-state index contributed by atoms with van der Waals surface area (Å²) < 4.78 is 0. The number of rotatable bonds is 25. The van der Waals surface area contributed by atoms with Crippen molar-refractivity contribution in [3.05, 3.63) is 35.4 Å². The van der Waals surface area contributed by atoms with Crippen LogP contribution in [0.1, 0.15) is 88.6 Å². The van der Waals surface area contributed by atoms with Crippen molar-refractivity contribution in [2.75, 3.05) is 13.1 Å². The fraction of sp³-hybridized carbons (Fsp3) is 0.571. The van der Waals surface area contributed by atoms with Crippen molar-refractivity contribution in [3.8, 4) is 0 Å². The number of ketones is 1. The maximum Gasteiger partial charge on any atom is 0.305 e. The number of carboxylic acids is 1. The fourth-order valence-electron chi connectivity index (χ4n) is 5.25.